The zero-order valence-electron chi connectivity index (χ0n) is 12.4. The molecule has 0 radical (unpaired) electrons. The van der Waals surface area contributed by atoms with Crippen LogP contribution in [0, 0.1) is 19.8 Å². The van der Waals surface area contributed by atoms with Gasteiger partial charge in [0.25, 0.3) is 0 Å². The number of thiophene rings is 1. The maximum Gasteiger partial charge on any atom is 0.177 e. The molecule has 0 aliphatic heterocycles. The van der Waals surface area contributed by atoms with E-state index in [1.807, 2.05) is 13.0 Å². The van der Waals surface area contributed by atoms with E-state index in [4.69, 9.17) is 0 Å². The minimum atomic E-state index is 0.278. The fraction of sp³-hybridized carbons (Fsp3) is 0.688. The van der Waals surface area contributed by atoms with Crippen molar-refractivity contribution in [1.82, 2.24) is 4.90 Å². The lowest BCUT2D eigenvalue weighted by atomic mass is 9.89. The average molecular weight is 279 g/mol. The number of Topliss-reactive ketones (excluding diaryl/α,β-unsaturated/α-hetero) is 1. The van der Waals surface area contributed by atoms with Crippen LogP contribution >= 0.6 is 11.3 Å². The lowest BCUT2D eigenvalue weighted by molar-refractivity contribution is 0.0932. The molecule has 0 N–H and O–H groups in total. The summed E-state index contributed by atoms with van der Waals surface area (Å²) in [5.74, 6) is 1.08. The van der Waals surface area contributed by atoms with Crippen LogP contribution in [0.15, 0.2) is 6.07 Å². The highest BCUT2D eigenvalue weighted by atomic mass is 32.1. The fourth-order valence-electron chi connectivity index (χ4n) is 3.11. The lowest BCUT2D eigenvalue weighted by Gasteiger charge is -2.26. The Morgan fingerprint density at radius 2 is 2.00 bits per heavy atom. The second-order valence-corrected chi connectivity index (χ2v) is 7.41. The van der Waals surface area contributed by atoms with Gasteiger partial charge in [-0.15, -0.1) is 11.3 Å². The zero-order chi connectivity index (χ0) is 13.8. The molecule has 1 heterocycles. The predicted octanol–water partition coefficient (Wildman–Crippen LogP) is 4.06. The van der Waals surface area contributed by atoms with Crippen molar-refractivity contribution in [3.63, 3.8) is 0 Å². The van der Waals surface area contributed by atoms with Gasteiger partial charge < -0.3 is 0 Å². The summed E-state index contributed by atoms with van der Waals surface area (Å²) in [7, 11) is 2.08. The quantitative estimate of drug-likeness (QED) is 0.758. The van der Waals surface area contributed by atoms with Crippen molar-refractivity contribution in [2.75, 3.05) is 20.1 Å². The van der Waals surface area contributed by atoms with E-state index in [0.717, 1.165) is 22.9 Å². The second-order valence-electron chi connectivity index (χ2n) is 5.95. The van der Waals surface area contributed by atoms with Crippen molar-refractivity contribution in [1.29, 1.82) is 0 Å². The van der Waals surface area contributed by atoms with Crippen LogP contribution in [0.4, 0.5) is 0 Å². The molecule has 19 heavy (non-hydrogen) atoms. The van der Waals surface area contributed by atoms with Crippen molar-refractivity contribution in [2.24, 2.45) is 5.92 Å². The molecule has 0 atom stereocenters. The van der Waals surface area contributed by atoms with E-state index in [2.05, 4.69) is 18.9 Å². The van der Waals surface area contributed by atoms with Crippen LogP contribution in [0.3, 0.4) is 0 Å². The molecule has 1 aromatic heterocycles. The van der Waals surface area contributed by atoms with Crippen molar-refractivity contribution in [3.8, 4) is 0 Å². The summed E-state index contributed by atoms with van der Waals surface area (Å²) in [6.45, 7) is 5.76. The first-order valence-electron chi connectivity index (χ1n) is 7.35. The van der Waals surface area contributed by atoms with Gasteiger partial charge in [0.15, 0.2) is 5.78 Å². The van der Waals surface area contributed by atoms with Crippen LogP contribution in [0.5, 0.6) is 0 Å². The summed E-state index contributed by atoms with van der Waals surface area (Å²) < 4.78 is 0. The maximum absolute atomic E-state index is 12.3. The highest BCUT2D eigenvalue weighted by Crippen LogP contribution is 2.25. The molecule has 0 bridgehead atoms. The third kappa shape index (κ3) is 4.15. The van der Waals surface area contributed by atoms with E-state index in [1.54, 1.807) is 11.3 Å². The van der Waals surface area contributed by atoms with Gasteiger partial charge in [0, 0.05) is 21.9 Å². The number of rotatable bonds is 5. The first-order valence-corrected chi connectivity index (χ1v) is 8.16. The number of likely N-dealkylation sites (N-methyl/N-ethyl adjacent to an activating group) is 1. The largest absolute Gasteiger partial charge is 0.299 e. The standard InChI is InChI=1S/C16H25NOS/c1-12-9-15(13(2)19-12)16(18)11-17(3)10-14-7-5-4-6-8-14/h9,14H,4-8,10-11H2,1-3H3. The Labute approximate surface area is 120 Å². The van der Waals surface area contributed by atoms with Crippen LogP contribution in [-0.4, -0.2) is 30.8 Å². The topological polar surface area (TPSA) is 20.3 Å². The number of hydrogen-bond acceptors (Lipinski definition) is 3. The minimum Gasteiger partial charge on any atom is -0.299 e. The fourth-order valence-corrected chi connectivity index (χ4v) is 4.06. The molecule has 0 unspecified atom stereocenters. The molecule has 3 heteroatoms. The number of carbonyl (C=O) groups excluding carboxylic acids is 1. The molecule has 0 aromatic carbocycles. The molecule has 0 spiro atoms. The third-order valence-corrected chi connectivity index (χ3v) is 5.02. The minimum absolute atomic E-state index is 0.278. The summed E-state index contributed by atoms with van der Waals surface area (Å²) in [4.78, 5) is 16.9. The van der Waals surface area contributed by atoms with Crippen molar-refractivity contribution in [2.45, 2.75) is 46.0 Å². The van der Waals surface area contributed by atoms with Crippen molar-refractivity contribution in [3.05, 3.63) is 21.4 Å². The number of ketones is 1. The third-order valence-electron chi connectivity index (χ3n) is 4.05. The molecular weight excluding hydrogens is 254 g/mol. The van der Waals surface area contributed by atoms with Gasteiger partial charge in [-0.1, -0.05) is 19.3 Å². The van der Waals surface area contributed by atoms with Crippen LogP contribution in [-0.2, 0) is 0 Å². The first-order chi connectivity index (χ1) is 9.06. The normalized spacial score (nSPS) is 17.1. The highest BCUT2D eigenvalue weighted by molar-refractivity contribution is 7.12. The summed E-state index contributed by atoms with van der Waals surface area (Å²) in [6.07, 6.45) is 6.82. The van der Waals surface area contributed by atoms with E-state index >= 15 is 0 Å². The highest BCUT2D eigenvalue weighted by Gasteiger charge is 2.18. The van der Waals surface area contributed by atoms with Gasteiger partial charge in [0.2, 0.25) is 0 Å². The molecule has 1 saturated carbocycles. The van der Waals surface area contributed by atoms with E-state index in [9.17, 15) is 4.79 Å². The lowest BCUT2D eigenvalue weighted by Crippen LogP contribution is -2.31. The van der Waals surface area contributed by atoms with Gasteiger partial charge in [0.1, 0.15) is 0 Å². The van der Waals surface area contributed by atoms with E-state index in [0.29, 0.717) is 6.54 Å². The van der Waals surface area contributed by atoms with Gasteiger partial charge >= 0.3 is 0 Å². The summed E-state index contributed by atoms with van der Waals surface area (Å²) in [5, 5.41) is 0. The molecule has 2 rings (SSSR count). The SMILES string of the molecule is Cc1cc(C(=O)CN(C)CC2CCCCC2)c(C)s1. The molecule has 1 fully saturated rings. The average Bonchev–Trinajstić information content (AvgIpc) is 2.69. The van der Waals surface area contributed by atoms with Gasteiger partial charge in [-0.05, 0) is 45.7 Å². The number of carbonyl (C=O) groups is 1. The predicted molar refractivity (Wildman–Crippen MR) is 82.2 cm³/mol. The first kappa shape index (κ1) is 14.7. The van der Waals surface area contributed by atoms with Crippen LogP contribution in [0.2, 0.25) is 0 Å². The molecule has 0 amide bonds. The molecule has 0 saturated heterocycles. The molecule has 1 aliphatic rings. The molecule has 1 aromatic rings. The van der Waals surface area contributed by atoms with E-state index in [1.165, 1.54) is 37.0 Å². The number of nitrogens with zero attached hydrogens (tertiary/aromatic N) is 1. The van der Waals surface area contributed by atoms with E-state index in [-0.39, 0.29) is 5.78 Å². The summed E-state index contributed by atoms with van der Waals surface area (Å²) in [5.41, 5.74) is 0.929. The van der Waals surface area contributed by atoms with Crippen LogP contribution in [0.1, 0.15) is 52.2 Å². The molecule has 106 valence electrons. The Balaban J connectivity index is 1.86. The maximum atomic E-state index is 12.3. The summed E-state index contributed by atoms with van der Waals surface area (Å²) >= 11 is 1.72. The molecule has 2 nitrogen and oxygen atoms in total. The Bertz CT molecular complexity index is 432. The van der Waals surface area contributed by atoms with Crippen LogP contribution in [0.25, 0.3) is 0 Å². The number of aryl methyl sites for hydroxylation is 2. The van der Waals surface area contributed by atoms with Crippen LogP contribution < -0.4 is 0 Å². The Morgan fingerprint density at radius 1 is 1.32 bits per heavy atom. The van der Waals surface area contributed by atoms with Gasteiger partial charge in [-0.3, -0.25) is 9.69 Å². The number of hydrogen-bond donors (Lipinski definition) is 0. The monoisotopic (exact) mass is 279 g/mol. The van der Waals surface area contributed by atoms with Gasteiger partial charge in [-0.25, -0.2) is 0 Å². The second kappa shape index (κ2) is 6.67. The van der Waals surface area contributed by atoms with Gasteiger partial charge in [-0.2, -0.15) is 0 Å². The Morgan fingerprint density at radius 3 is 2.58 bits per heavy atom. The Kier molecular flexibility index (Phi) is 5.17. The smallest absolute Gasteiger partial charge is 0.177 e. The molecular formula is C16H25NOS. The Hall–Kier alpha value is -0.670. The molecule has 1 aliphatic carbocycles. The van der Waals surface area contributed by atoms with Gasteiger partial charge in [0.05, 0.1) is 6.54 Å². The van der Waals surface area contributed by atoms with Crippen molar-refractivity contribution >= 4 is 17.1 Å². The summed E-state index contributed by atoms with van der Waals surface area (Å²) in [6, 6.07) is 2.04. The van der Waals surface area contributed by atoms with E-state index < -0.39 is 0 Å². The zero-order valence-corrected chi connectivity index (χ0v) is 13.2. The van der Waals surface area contributed by atoms with Crippen molar-refractivity contribution < 1.29 is 4.79 Å².